The molecule has 0 aromatic heterocycles. The molecule has 2 N–H and O–H groups in total. The number of carbonyl (C=O) groups is 2. The average molecular weight is 568 g/mol. The number of rotatable bonds is 8. The molecule has 0 unspecified atom stereocenters. The van der Waals surface area contributed by atoms with Crippen molar-refractivity contribution in [2.24, 2.45) is 0 Å². The maximum Gasteiger partial charge on any atom is 0.251 e. The topological polar surface area (TPSA) is 64.7 Å². The van der Waals surface area contributed by atoms with Crippen molar-refractivity contribution in [2.45, 2.75) is 50.7 Å². The quantitative estimate of drug-likeness (QED) is 0.377. The van der Waals surface area contributed by atoms with Gasteiger partial charge in [0.05, 0.1) is 6.04 Å². The number of hydrogen-bond donors (Lipinski definition) is 2. The zero-order valence-corrected chi connectivity index (χ0v) is 23.7. The van der Waals surface area contributed by atoms with Crippen LogP contribution in [0.1, 0.15) is 48.0 Å². The molecule has 0 saturated carbocycles. The number of benzene rings is 3. The van der Waals surface area contributed by atoms with E-state index in [2.05, 4.69) is 15.5 Å². The summed E-state index contributed by atoms with van der Waals surface area (Å²) < 4.78 is 0. The van der Waals surface area contributed by atoms with Gasteiger partial charge in [-0.05, 0) is 85.4 Å². The third-order valence-corrected chi connectivity index (χ3v) is 8.23. The van der Waals surface area contributed by atoms with Crippen molar-refractivity contribution in [3.63, 3.8) is 0 Å². The van der Waals surface area contributed by atoms with Gasteiger partial charge in [-0.3, -0.25) is 9.59 Å². The number of nitrogens with one attached hydrogen (secondary N) is 2. The molecule has 39 heavy (non-hydrogen) atoms. The second kappa shape index (κ2) is 13.1. The minimum absolute atomic E-state index is 0.0161. The molecule has 0 spiro atoms. The van der Waals surface area contributed by atoms with Crippen LogP contribution in [0.3, 0.4) is 0 Å². The Labute approximate surface area is 240 Å². The number of nitrogens with zero attached hydrogens (tertiary/aromatic N) is 2. The van der Waals surface area contributed by atoms with E-state index >= 15 is 0 Å². The van der Waals surface area contributed by atoms with Gasteiger partial charge in [0.2, 0.25) is 5.91 Å². The van der Waals surface area contributed by atoms with E-state index in [1.807, 2.05) is 59.5 Å². The molecule has 0 bridgehead atoms. The smallest absolute Gasteiger partial charge is 0.251 e. The Kier molecular flexibility index (Phi) is 9.40. The van der Waals surface area contributed by atoms with Gasteiger partial charge in [0.25, 0.3) is 5.91 Å². The fraction of sp³-hybridized carbons (Fsp3) is 0.419. The number of likely N-dealkylation sites (tertiary alicyclic amines) is 1. The Hall–Kier alpha value is -2.64. The highest BCUT2D eigenvalue weighted by molar-refractivity contribution is 6.34. The standard InChI is InChI=1S/C31H36Cl2N4O2/c32-26-16-22(17-27(33)19-26)21-37-15-10-28(35-29(31(37)39)11-14-36-12-4-1-5-13-36)20-34-30(38)25-9-8-23-6-2-3-7-24(23)18-25/h2-3,6-9,16-19,28-29,35H,1,4-5,10-15,20-21H2,(H,34,38)/t28-,29-/m1/s1. The van der Waals surface area contributed by atoms with Crippen molar-refractivity contribution in [1.29, 1.82) is 0 Å². The molecule has 2 amide bonds. The zero-order chi connectivity index (χ0) is 27.2. The molecule has 6 nitrogen and oxygen atoms in total. The van der Waals surface area contributed by atoms with Gasteiger partial charge in [0, 0.05) is 47.8 Å². The van der Waals surface area contributed by atoms with Crippen molar-refractivity contribution < 1.29 is 9.59 Å². The maximum atomic E-state index is 13.7. The maximum absolute atomic E-state index is 13.7. The number of carbonyl (C=O) groups excluding carboxylic acids is 2. The lowest BCUT2D eigenvalue weighted by Gasteiger charge is -2.30. The second-order valence-electron chi connectivity index (χ2n) is 10.7. The summed E-state index contributed by atoms with van der Waals surface area (Å²) in [7, 11) is 0. The van der Waals surface area contributed by atoms with Crippen LogP contribution in [0.25, 0.3) is 10.8 Å². The Morgan fingerprint density at radius 1 is 0.923 bits per heavy atom. The van der Waals surface area contributed by atoms with Crippen LogP contribution in [-0.4, -0.2) is 66.4 Å². The molecule has 206 valence electrons. The van der Waals surface area contributed by atoms with Crippen LogP contribution in [0.2, 0.25) is 10.0 Å². The minimum atomic E-state index is -0.313. The van der Waals surface area contributed by atoms with Crippen molar-refractivity contribution in [2.75, 3.05) is 32.7 Å². The summed E-state index contributed by atoms with van der Waals surface area (Å²) in [4.78, 5) is 31.1. The summed E-state index contributed by atoms with van der Waals surface area (Å²) in [6.07, 6.45) is 5.19. The number of hydrogen-bond acceptors (Lipinski definition) is 4. The first-order valence-electron chi connectivity index (χ1n) is 13.9. The van der Waals surface area contributed by atoms with E-state index < -0.39 is 0 Å². The highest BCUT2D eigenvalue weighted by atomic mass is 35.5. The van der Waals surface area contributed by atoms with Gasteiger partial charge < -0.3 is 20.4 Å². The molecule has 3 aromatic carbocycles. The molecule has 8 heteroatoms. The van der Waals surface area contributed by atoms with Crippen LogP contribution in [0.15, 0.2) is 60.7 Å². The lowest BCUT2D eigenvalue weighted by Crippen LogP contribution is -2.50. The highest BCUT2D eigenvalue weighted by Gasteiger charge is 2.31. The Morgan fingerprint density at radius 2 is 1.67 bits per heavy atom. The van der Waals surface area contributed by atoms with Crippen LogP contribution in [0.5, 0.6) is 0 Å². The zero-order valence-electron chi connectivity index (χ0n) is 22.2. The molecule has 2 aliphatic rings. The predicted octanol–water partition coefficient (Wildman–Crippen LogP) is 5.51. The molecular weight excluding hydrogens is 531 g/mol. The molecule has 2 aliphatic heterocycles. The van der Waals surface area contributed by atoms with Crippen molar-refractivity contribution >= 4 is 45.8 Å². The number of fused-ring (bicyclic) bond motifs is 1. The van der Waals surface area contributed by atoms with Crippen molar-refractivity contribution in [1.82, 2.24) is 20.4 Å². The summed E-state index contributed by atoms with van der Waals surface area (Å²) in [6.45, 7) is 4.57. The lowest BCUT2D eigenvalue weighted by atomic mass is 10.1. The Bertz CT molecular complexity index is 1290. The van der Waals surface area contributed by atoms with Gasteiger partial charge in [-0.25, -0.2) is 0 Å². The van der Waals surface area contributed by atoms with Crippen molar-refractivity contribution in [3.8, 4) is 0 Å². The average Bonchev–Trinajstić information content (AvgIpc) is 3.08. The van der Waals surface area contributed by atoms with Crippen LogP contribution in [-0.2, 0) is 11.3 Å². The van der Waals surface area contributed by atoms with Gasteiger partial charge >= 0.3 is 0 Å². The van der Waals surface area contributed by atoms with Gasteiger partial charge in [-0.2, -0.15) is 0 Å². The molecule has 0 radical (unpaired) electrons. The van der Waals surface area contributed by atoms with Crippen LogP contribution < -0.4 is 10.6 Å². The van der Waals surface area contributed by atoms with E-state index in [0.717, 1.165) is 48.8 Å². The van der Waals surface area contributed by atoms with E-state index in [9.17, 15) is 9.59 Å². The number of piperidine rings is 1. The first-order chi connectivity index (χ1) is 18.9. The summed E-state index contributed by atoms with van der Waals surface area (Å²) >= 11 is 12.5. The first-order valence-corrected chi connectivity index (χ1v) is 14.7. The van der Waals surface area contributed by atoms with E-state index in [1.54, 1.807) is 6.07 Å². The molecular formula is C31H36Cl2N4O2. The largest absolute Gasteiger partial charge is 0.350 e. The van der Waals surface area contributed by atoms with Crippen LogP contribution >= 0.6 is 23.2 Å². The van der Waals surface area contributed by atoms with E-state index in [-0.39, 0.29) is 23.9 Å². The van der Waals surface area contributed by atoms with E-state index in [4.69, 9.17) is 23.2 Å². The number of halogens is 2. The summed E-state index contributed by atoms with van der Waals surface area (Å²) in [5.41, 5.74) is 1.55. The molecule has 3 aromatic rings. The Balaban J connectivity index is 1.26. The second-order valence-corrected chi connectivity index (χ2v) is 11.6. The molecule has 0 aliphatic carbocycles. The van der Waals surface area contributed by atoms with Crippen molar-refractivity contribution in [3.05, 3.63) is 81.8 Å². The predicted molar refractivity (Wildman–Crippen MR) is 158 cm³/mol. The molecule has 2 saturated heterocycles. The Morgan fingerprint density at radius 3 is 2.44 bits per heavy atom. The summed E-state index contributed by atoms with van der Waals surface area (Å²) in [5, 5.41) is 9.97. The third-order valence-electron chi connectivity index (χ3n) is 7.79. The molecule has 2 heterocycles. The van der Waals surface area contributed by atoms with Gasteiger partial charge in [0.15, 0.2) is 0 Å². The minimum Gasteiger partial charge on any atom is -0.350 e. The van der Waals surface area contributed by atoms with E-state index in [0.29, 0.717) is 35.2 Å². The molecule has 5 rings (SSSR count). The lowest BCUT2D eigenvalue weighted by molar-refractivity contribution is -0.133. The van der Waals surface area contributed by atoms with Crippen LogP contribution in [0.4, 0.5) is 0 Å². The normalized spacial score (nSPS) is 20.7. The highest BCUT2D eigenvalue weighted by Crippen LogP contribution is 2.22. The number of amides is 2. The fourth-order valence-electron chi connectivity index (χ4n) is 5.67. The third kappa shape index (κ3) is 7.52. The van der Waals surface area contributed by atoms with Gasteiger partial charge in [0.1, 0.15) is 0 Å². The van der Waals surface area contributed by atoms with Gasteiger partial charge in [-0.1, -0.05) is 60.0 Å². The van der Waals surface area contributed by atoms with E-state index in [1.165, 1.54) is 19.3 Å². The summed E-state index contributed by atoms with van der Waals surface area (Å²) in [5.74, 6) is -0.0140. The molecule has 2 atom stereocenters. The molecule has 2 fully saturated rings. The SMILES string of the molecule is O=C(NC[C@H]1CCN(Cc2cc(Cl)cc(Cl)c2)C(=O)[C@@H](CCN2CCCCC2)N1)c1ccc2ccccc2c1. The monoisotopic (exact) mass is 566 g/mol. The first kappa shape index (κ1) is 27.9. The summed E-state index contributed by atoms with van der Waals surface area (Å²) in [6, 6.07) is 18.9. The van der Waals surface area contributed by atoms with Crippen LogP contribution in [0, 0.1) is 0 Å². The fourth-order valence-corrected chi connectivity index (χ4v) is 6.24. The van der Waals surface area contributed by atoms with Gasteiger partial charge in [-0.15, -0.1) is 0 Å².